The monoisotopic (exact) mass is 233 g/mol. The Kier molecular flexibility index (Phi) is 3.36. The van der Waals surface area contributed by atoms with Crippen molar-refractivity contribution >= 4 is 11.7 Å². The number of hydrogen-bond donors (Lipinski definition) is 2. The quantitative estimate of drug-likeness (QED) is 0.839. The van der Waals surface area contributed by atoms with Crippen LogP contribution in [0, 0.1) is 11.8 Å². The van der Waals surface area contributed by atoms with Crippen molar-refractivity contribution in [3.63, 3.8) is 0 Å². The van der Waals surface area contributed by atoms with Crippen molar-refractivity contribution < 1.29 is 9.90 Å². The highest BCUT2D eigenvalue weighted by Crippen LogP contribution is 2.35. The molecular weight excluding hydrogens is 214 g/mol. The largest absolute Gasteiger partial charge is 0.478 e. The van der Waals surface area contributed by atoms with Gasteiger partial charge in [-0.25, -0.2) is 4.79 Å². The summed E-state index contributed by atoms with van der Waals surface area (Å²) in [5, 5.41) is 12.2. The first-order chi connectivity index (χ1) is 8.06. The molecule has 3 nitrogen and oxygen atoms in total. The lowest BCUT2D eigenvalue weighted by Crippen LogP contribution is -2.37. The van der Waals surface area contributed by atoms with Crippen molar-refractivity contribution in [2.75, 3.05) is 5.32 Å². The molecule has 0 spiro atoms. The Morgan fingerprint density at radius 2 is 1.88 bits per heavy atom. The smallest absolute Gasteiger partial charge is 0.335 e. The first-order valence-electron chi connectivity index (χ1n) is 6.16. The topological polar surface area (TPSA) is 49.3 Å². The summed E-state index contributed by atoms with van der Waals surface area (Å²) < 4.78 is 0. The average Bonchev–Trinajstić information content (AvgIpc) is 2.23. The number of hydrogen-bond acceptors (Lipinski definition) is 2. The van der Waals surface area contributed by atoms with E-state index in [0.717, 1.165) is 17.5 Å². The molecule has 0 bridgehead atoms. The van der Waals surface area contributed by atoms with Gasteiger partial charge >= 0.3 is 5.97 Å². The number of benzene rings is 1. The Hall–Kier alpha value is -1.51. The van der Waals surface area contributed by atoms with Crippen molar-refractivity contribution in [2.24, 2.45) is 11.8 Å². The van der Waals surface area contributed by atoms with Crippen LogP contribution >= 0.6 is 0 Å². The van der Waals surface area contributed by atoms with Crippen molar-refractivity contribution in [1.82, 2.24) is 0 Å². The van der Waals surface area contributed by atoms with E-state index in [1.807, 2.05) is 12.1 Å². The zero-order valence-corrected chi connectivity index (χ0v) is 10.3. The Labute approximate surface area is 102 Å². The first kappa shape index (κ1) is 12.0. The van der Waals surface area contributed by atoms with E-state index < -0.39 is 5.97 Å². The van der Waals surface area contributed by atoms with Crippen molar-refractivity contribution in [2.45, 2.75) is 32.7 Å². The van der Waals surface area contributed by atoms with Crippen LogP contribution in [-0.4, -0.2) is 17.1 Å². The highest BCUT2D eigenvalue weighted by atomic mass is 16.4. The molecule has 1 fully saturated rings. The molecule has 1 aromatic rings. The van der Waals surface area contributed by atoms with Gasteiger partial charge < -0.3 is 10.4 Å². The fourth-order valence-electron chi connectivity index (χ4n) is 2.27. The molecule has 0 radical (unpaired) electrons. The summed E-state index contributed by atoms with van der Waals surface area (Å²) in [6.45, 7) is 4.53. The van der Waals surface area contributed by atoms with E-state index in [-0.39, 0.29) is 0 Å². The molecule has 1 aliphatic rings. The number of carbonyl (C=O) groups is 1. The molecule has 1 aromatic carbocycles. The summed E-state index contributed by atoms with van der Waals surface area (Å²) in [5.41, 5.74) is 1.35. The third-order valence-corrected chi connectivity index (χ3v) is 3.62. The minimum atomic E-state index is -0.875. The number of aromatic carboxylic acids is 1. The molecule has 17 heavy (non-hydrogen) atoms. The predicted molar refractivity (Wildman–Crippen MR) is 68.4 cm³/mol. The molecule has 0 saturated heterocycles. The van der Waals surface area contributed by atoms with Gasteiger partial charge in [-0.1, -0.05) is 13.8 Å². The fraction of sp³-hybridized carbons (Fsp3) is 0.500. The Morgan fingerprint density at radius 1 is 1.29 bits per heavy atom. The Bertz CT molecular complexity index is 391. The summed E-state index contributed by atoms with van der Waals surface area (Å²) in [6.07, 6.45) is 2.44. The average molecular weight is 233 g/mol. The lowest BCUT2D eigenvalue weighted by atomic mass is 9.73. The second-order valence-corrected chi connectivity index (χ2v) is 5.20. The van der Waals surface area contributed by atoms with Gasteiger partial charge in [0.05, 0.1) is 5.56 Å². The standard InChI is InChI=1S/C14H19NO2/c1-9(2)11-7-13(8-11)15-12-5-3-10(4-6-12)14(16)17/h3-6,9,11,13,15H,7-8H2,1-2H3,(H,16,17). The summed E-state index contributed by atoms with van der Waals surface area (Å²) >= 11 is 0. The summed E-state index contributed by atoms with van der Waals surface area (Å²) in [7, 11) is 0. The minimum absolute atomic E-state index is 0.337. The summed E-state index contributed by atoms with van der Waals surface area (Å²) in [6, 6.07) is 7.52. The van der Waals surface area contributed by atoms with Crippen LogP contribution in [0.25, 0.3) is 0 Å². The van der Waals surface area contributed by atoms with Crippen LogP contribution in [0.3, 0.4) is 0 Å². The molecule has 1 saturated carbocycles. The van der Waals surface area contributed by atoms with Gasteiger partial charge in [0.2, 0.25) is 0 Å². The zero-order chi connectivity index (χ0) is 12.4. The van der Waals surface area contributed by atoms with Crippen LogP contribution in [-0.2, 0) is 0 Å². The SMILES string of the molecule is CC(C)C1CC(Nc2ccc(C(=O)O)cc2)C1. The molecule has 0 aliphatic heterocycles. The molecule has 0 amide bonds. The molecule has 0 heterocycles. The molecule has 92 valence electrons. The molecule has 1 aliphatic carbocycles. The highest BCUT2D eigenvalue weighted by Gasteiger charge is 2.30. The minimum Gasteiger partial charge on any atom is -0.478 e. The van der Waals surface area contributed by atoms with Crippen LogP contribution in [0.5, 0.6) is 0 Å². The molecule has 3 heteroatoms. The molecule has 0 aromatic heterocycles. The number of carboxylic acids is 1. The van der Waals surface area contributed by atoms with Crippen molar-refractivity contribution in [3.8, 4) is 0 Å². The zero-order valence-electron chi connectivity index (χ0n) is 10.3. The number of nitrogens with one attached hydrogen (secondary N) is 1. The van der Waals surface area contributed by atoms with E-state index >= 15 is 0 Å². The van der Waals surface area contributed by atoms with Crippen molar-refractivity contribution in [3.05, 3.63) is 29.8 Å². The van der Waals surface area contributed by atoms with Crippen LogP contribution in [0.15, 0.2) is 24.3 Å². The van der Waals surface area contributed by atoms with E-state index in [4.69, 9.17) is 5.11 Å². The maximum atomic E-state index is 10.7. The van der Waals surface area contributed by atoms with E-state index in [2.05, 4.69) is 19.2 Å². The van der Waals surface area contributed by atoms with Crippen molar-refractivity contribution in [1.29, 1.82) is 0 Å². The van der Waals surface area contributed by atoms with Crippen LogP contribution in [0.1, 0.15) is 37.0 Å². The van der Waals surface area contributed by atoms with Gasteiger partial charge in [-0.2, -0.15) is 0 Å². The first-order valence-corrected chi connectivity index (χ1v) is 6.16. The Balaban J connectivity index is 1.86. The van der Waals surface area contributed by atoms with Crippen LogP contribution in [0.4, 0.5) is 5.69 Å². The van der Waals surface area contributed by atoms with E-state index in [9.17, 15) is 4.79 Å². The Morgan fingerprint density at radius 3 is 2.35 bits per heavy atom. The van der Waals surface area contributed by atoms with Gasteiger partial charge in [-0.05, 0) is 48.9 Å². The third-order valence-electron chi connectivity index (χ3n) is 3.62. The normalized spacial score (nSPS) is 23.2. The molecule has 0 atom stereocenters. The molecular formula is C14H19NO2. The van der Waals surface area contributed by atoms with Gasteiger partial charge in [0.15, 0.2) is 0 Å². The van der Waals surface area contributed by atoms with Gasteiger partial charge in [0, 0.05) is 11.7 Å². The lowest BCUT2D eigenvalue weighted by molar-refractivity contribution is 0.0697. The maximum absolute atomic E-state index is 10.7. The fourth-order valence-corrected chi connectivity index (χ4v) is 2.27. The second kappa shape index (κ2) is 4.78. The summed E-state index contributed by atoms with van der Waals surface area (Å²) in [5.74, 6) is 0.730. The van der Waals surface area contributed by atoms with Gasteiger partial charge in [0.25, 0.3) is 0 Å². The summed E-state index contributed by atoms with van der Waals surface area (Å²) in [4.78, 5) is 10.7. The van der Waals surface area contributed by atoms with Crippen LogP contribution in [0.2, 0.25) is 0 Å². The van der Waals surface area contributed by atoms with Gasteiger partial charge in [-0.3, -0.25) is 0 Å². The molecule has 0 unspecified atom stereocenters. The number of carboxylic acid groups (broad SMARTS) is 1. The van der Waals surface area contributed by atoms with Gasteiger partial charge in [0.1, 0.15) is 0 Å². The predicted octanol–water partition coefficient (Wildman–Crippen LogP) is 3.23. The second-order valence-electron chi connectivity index (χ2n) is 5.20. The maximum Gasteiger partial charge on any atom is 0.335 e. The highest BCUT2D eigenvalue weighted by molar-refractivity contribution is 5.87. The molecule has 2 rings (SSSR count). The van der Waals surface area contributed by atoms with E-state index in [1.54, 1.807) is 12.1 Å². The number of rotatable bonds is 4. The van der Waals surface area contributed by atoms with Gasteiger partial charge in [-0.15, -0.1) is 0 Å². The molecule has 2 N–H and O–H groups in total. The van der Waals surface area contributed by atoms with Crippen LogP contribution < -0.4 is 5.32 Å². The van der Waals surface area contributed by atoms with E-state index in [0.29, 0.717) is 11.6 Å². The van der Waals surface area contributed by atoms with E-state index in [1.165, 1.54) is 12.8 Å². The number of anilines is 1. The third kappa shape index (κ3) is 2.78. The lowest BCUT2D eigenvalue weighted by Gasteiger charge is -2.39.